The molecule has 0 aliphatic carbocycles. The number of nitrogens with one attached hydrogen (secondary N) is 1. The first-order valence-corrected chi connectivity index (χ1v) is 9.94. The van der Waals surface area contributed by atoms with Crippen molar-refractivity contribution in [1.82, 2.24) is 0 Å². The molecule has 0 aromatic heterocycles. The second kappa shape index (κ2) is 9.28. The normalized spacial score (nSPS) is 10.6. The average molecular weight is 378 g/mol. The van der Waals surface area contributed by atoms with Crippen LogP contribution in [-0.4, -0.2) is 12.0 Å². The lowest BCUT2D eigenvalue weighted by Gasteiger charge is -2.12. The zero-order chi connectivity index (χ0) is 19.1. The van der Waals surface area contributed by atoms with Crippen LogP contribution in [-0.2, 0) is 5.75 Å². The van der Waals surface area contributed by atoms with Gasteiger partial charge in [0, 0.05) is 16.3 Å². The number of thioether (sulfide) groups is 1. The Balaban J connectivity index is 1.67. The summed E-state index contributed by atoms with van der Waals surface area (Å²) in [7, 11) is 0. The Labute approximate surface area is 164 Å². The highest BCUT2D eigenvalue weighted by atomic mass is 32.2. The Bertz CT molecular complexity index is 876. The minimum Gasteiger partial charge on any atom is -0.491 e. The molecule has 0 saturated heterocycles. The monoisotopic (exact) mass is 377 g/mol. The molecule has 0 aliphatic heterocycles. The molecular formula is C23H23NO2S. The van der Waals surface area contributed by atoms with Crippen molar-refractivity contribution in [2.24, 2.45) is 0 Å². The van der Waals surface area contributed by atoms with Gasteiger partial charge in [0.2, 0.25) is 0 Å². The van der Waals surface area contributed by atoms with Crippen LogP contribution in [0.3, 0.4) is 0 Å². The van der Waals surface area contributed by atoms with E-state index in [0.717, 1.165) is 22.1 Å². The third-order valence-corrected chi connectivity index (χ3v) is 5.00. The molecule has 138 valence electrons. The standard InChI is InChI=1S/C23H23NO2S/c1-17(2)26-20-14-12-19(13-15-20)24-23(25)21-10-6-7-11-22(21)27-16-18-8-4-3-5-9-18/h3-15,17H,16H2,1-2H3,(H,24,25). The lowest BCUT2D eigenvalue weighted by Crippen LogP contribution is -2.13. The molecule has 0 bridgehead atoms. The van der Waals surface area contributed by atoms with E-state index in [-0.39, 0.29) is 12.0 Å². The van der Waals surface area contributed by atoms with Gasteiger partial charge in [0.25, 0.3) is 5.91 Å². The molecule has 3 aromatic carbocycles. The molecule has 0 radical (unpaired) electrons. The topological polar surface area (TPSA) is 38.3 Å². The molecule has 27 heavy (non-hydrogen) atoms. The van der Waals surface area contributed by atoms with E-state index in [1.54, 1.807) is 11.8 Å². The summed E-state index contributed by atoms with van der Waals surface area (Å²) in [6, 6.07) is 25.4. The molecule has 0 fully saturated rings. The number of amides is 1. The van der Waals surface area contributed by atoms with Crippen LogP contribution in [0.15, 0.2) is 83.8 Å². The van der Waals surface area contributed by atoms with Crippen LogP contribution in [0.2, 0.25) is 0 Å². The summed E-state index contributed by atoms with van der Waals surface area (Å²) in [5, 5.41) is 2.97. The molecule has 3 nitrogen and oxygen atoms in total. The minimum absolute atomic E-state index is 0.108. The Kier molecular flexibility index (Phi) is 6.55. The quantitative estimate of drug-likeness (QED) is 0.512. The van der Waals surface area contributed by atoms with E-state index in [4.69, 9.17) is 4.74 Å². The van der Waals surface area contributed by atoms with Gasteiger partial charge in [0.05, 0.1) is 11.7 Å². The number of anilines is 1. The molecule has 4 heteroatoms. The Morgan fingerprint density at radius 2 is 1.59 bits per heavy atom. The van der Waals surface area contributed by atoms with Gasteiger partial charge in [-0.3, -0.25) is 4.79 Å². The molecule has 0 aliphatic rings. The predicted molar refractivity (Wildman–Crippen MR) is 113 cm³/mol. The maximum atomic E-state index is 12.8. The van der Waals surface area contributed by atoms with E-state index >= 15 is 0 Å². The van der Waals surface area contributed by atoms with Crippen molar-refractivity contribution in [3.63, 3.8) is 0 Å². The van der Waals surface area contributed by atoms with Crippen LogP contribution in [0.1, 0.15) is 29.8 Å². The third-order valence-electron chi connectivity index (χ3n) is 3.85. The zero-order valence-electron chi connectivity index (χ0n) is 15.5. The van der Waals surface area contributed by atoms with Gasteiger partial charge in [-0.1, -0.05) is 42.5 Å². The first-order chi connectivity index (χ1) is 13.1. The first kappa shape index (κ1) is 19.1. The van der Waals surface area contributed by atoms with Gasteiger partial charge in [-0.25, -0.2) is 0 Å². The van der Waals surface area contributed by atoms with Crippen molar-refractivity contribution in [3.05, 3.63) is 90.0 Å². The SMILES string of the molecule is CC(C)Oc1ccc(NC(=O)c2ccccc2SCc2ccccc2)cc1. The summed E-state index contributed by atoms with van der Waals surface area (Å²) in [5.74, 6) is 1.51. The fraction of sp³-hybridized carbons (Fsp3) is 0.174. The number of ether oxygens (including phenoxy) is 1. The fourth-order valence-electron chi connectivity index (χ4n) is 2.60. The van der Waals surface area contributed by atoms with Gasteiger partial charge in [0.1, 0.15) is 5.75 Å². The summed E-state index contributed by atoms with van der Waals surface area (Å²) in [6.45, 7) is 3.97. The summed E-state index contributed by atoms with van der Waals surface area (Å²) in [6.07, 6.45) is 0.124. The molecule has 0 saturated carbocycles. The number of rotatable bonds is 7. The third kappa shape index (κ3) is 5.63. The summed E-state index contributed by atoms with van der Waals surface area (Å²) < 4.78 is 5.64. The van der Waals surface area contributed by atoms with Gasteiger partial charge < -0.3 is 10.1 Å². The van der Waals surface area contributed by atoms with Gasteiger partial charge in [-0.15, -0.1) is 11.8 Å². The minimum atomic E-state index is -0.108. The molecule has 0 spiro atoms. The molecule has 3 rings (SSSR count). The molecule has 0 atom stereocenters. The Morgan fingerprint density at radius 3 is 2.30 bits per heavy atom. The van der Waals surface area contributed by atoms with E-state index in [0.29, 0.717) is 5.56 Å². The fourth-order valence-corrected chi connectivity index (χ4v) is 3.61. The number of benzene rings is 3. The predicted octanol–water partition coefficient (Wildman–Crippen LogP) is 6.02. The van der Waals surface area contributed by atoms with Crippen LogP contribution < -0.4 is 10.1 Å². The second-order valence-electron chi connectivity index (χ2n) is 6.42. The van der Waals surface area contributed by atoms with Crippen LogP contribution in [0.25, 0.3) is 0 Å². The molecule has 1 amide bonds. The highest BCUT2D eigenvalue weighted by molar-refractivity contribution is 7.98. The Morgan fingerprint density at radius 1 is 0.926 bits per heavy atom. The number of carbonyl (C=O) groups is 1. The average Bonchev–Trinajstić information content (AvgIpc) is 2.68. The maximum Gasteiger partial charge on any atom is 0.256 e. The van der Waals surface area contributed by atoms with E-state index in [2.05, 4.69) is 17.4 Å². The van der Waals surface area contributed by atoms with Crippen molar-refractivity contribution in [3.8, 4) is 5.75 Å². The second-order valence-corrected chi connectivity index (χ2v) is 7.43. The first-order valence-electron chi connectivity index (χ1n) is 8.95. The number of carbonyl (C=O) groups excluding carboxylic acids is 1. The molecule has 3 aromatic rings. The van der Waals surface area contributed by atoms with Gasteiger partial charge >= 0.3 is 0 Å². The van der Waals surface area contributed by atoms with Gasteiger partial charge in [0.15, 0.2) is 0 Å². The van der Waals surface area contributed by atoms with Crippen molar-refractivity contribution < 1.29 is 9.53 Å². The van der Waals surface area contributed by atoms with Crippen molar-refractivity contribution in [1.29, 1.82) is 0 Å². The van der Waals surface area contributed by atoms with E-state index < -0.39 is 0 Å². The van der Waals surface area contributed by atoms with Crippen LogP contribution >= 0.6 is 11.8 Å². The van der Waals surface area contributed by atoms with E-state index in [9.17, 15) is 4.79 Å². The smallest absolute Gasteiger partial charge is 0.256 e. The van der Waals surface area contributed by atoms with Crippen molar-refractivity contribution in [2.45, 2.75) is 30.6 Å². The molecule has 0 heterocycles. The van der Waals surface area contributed by atoms with Crippen LogP contribution in [0, 0.1) is 0 Å². The van der Waals surface area contributed by atoms with E-state index in [1.165, 1.54) is 5.56 Å². The molecule has 0 unspecified atom stereocenters. The zero-order valence-corrected chi connectivity index (χ0v) is 16.3. The summed E-state index contributed by atoms with van der Waals surface area (Å²) >= 11 is 1.67. The van der Waals surface area contributed by atoms with Gasteiger partial charge in [-0.2, -0.15) is 0 Å². The maximum absolute atomic E-state index is 12.8. The highest BCUT2D eigenvalue weighted by Gasteiger charge is 2.12. The van der Waals surface area contributed by atoms with Crippen molar-refractivity contribution >= 4 is 23.4 Å². The largest absolute Gasteiger partial charge is 0.491 e. The Hall–Kier alpha value is -2.72. The highest BCUT2D eigenvalue weighted by Crippen LogP contribution is 2.27. The van der Waals surface area contributed by atoms with Crippen LogP contribution in [0.4, 0.5) is 5.69 Å². The molecule has 1 N–H and O–H groups in total. The van der Waals surface area contributed by atoms with Crippen LogP contribution in [0.5, 0.6) is 5.75 Å². The van der Waals surface area contributed by atoms with E-state index in [1.807, 2.05) is 80.6 Å². The number of hydrogen-bond acceptors (Lipinski definition) is 3. The molecular weight excluding hydrogens is 354 g/mol. The lowest BCUT2D eigenvalue weighted by atomic mass is 10.2. The number of hydrogen-bond donors (Lipinski definition) is 1. The van der Waals surface area contributed by atoms with Gasteiger partial charge in [-0.05, 0) is 55.8 Å². The summed E-state index contributed by atoms with van der Waals surface area (Å²) in [4.78, 5) is 13.7. The summed E-state index contributed by atoms with van der Waals surface area (Å²) in [5.41, 5.74) is 2.67. The van der Waals surface area contributed by atoms with Crippen molar-refractivity contribution in [2.75, 3.05) is 5.32 Å². The lowest BCUT2D eigenvalue weighted by molar-refractivity contribution is 0.102.